The fraction of sp³-hybridized carbons (Fsp3) is 0.652. The zero-order valence-electron chi connectivity index (χ0n) is 18.8. The van der Waals surface area contributed by atoms with E-state index >= 15 is 0 Å². The van der Waals surface area contributed by atoms with Gasteiger partial charge in [0, 0.05) is 64.5 Å². The van der Waals surface area contributed by atoms with Gasteiger partial charge in [0.15, 0.2) is 11.4 Å². The van der Waals surface area contributed by atoms with Crippen molar-refractivity contribution < 1.29 is 18.3 Å². The number of pyridine rings is 1. The first-order valence-corrected chi connectivity index (χ1v) is 11.6. The number of hydrogen-bond donors (Lipinski definition) is 0. The van der Waals surface area contributed by atoms with Gasteiger partial charge in [-0.1, -0.05) is 6.58 Å². The molecule has 0 unspecified atom stereocenters. The molecule has 0 aliphatic carbocycles. The van der Waals surface area contributed by atoms with Gasteiger partial charge in [-0.25, -0.2) is 13.8 Å². The molecule has 0 spiro atoms. The van der Waals surface area contributed by atoms with E-state index in [0.717, 1.165) is 57.8 Å². The Kier molecular flexibility index (Phi) is 7.13. The van der Waals surface area contributed by atoms with Gasteiger partial charge in [-0.3, -0.25) is 9.69 Å². The quantitative estimate of drug-likeness (QED) is 0.597. The molecular formula is C23H33F2N5O2. The number of piperazine rings is 1. The van der Waals surface area contributed by atoms with Crippen molar-refractivity contribution in [3.63, 3.8) is 0 Å². The summed E-state index contributed by atoms with van der Waals surface area (Å²) in [5.74, 6) is 0.810. The number of hydrogen-bond acceptors (Lipinski definition) is 6. The Labute approximate surface area is 188 Å². The maximum Gasteiger partial charge on any atom is 0.284 e. The molecule has 0 aromatic carbocycles. The van der Waals surface area contributed by atoms with E-state index in [1.54, 1.807) is 6.92 Å². The molecule has 176 valence electrons. The van der Waals surface area contributed by atoms with Crippen LogP contribution in [0.15, 0.2) is 18.7 Å². The average Bonchev–Trinajstić information content (AvgIpc) is 2.79. The number of ether oxygens (including phenoxy) is 1. The number of carbonyl (C=O) groups is 1. The summed E-state index contributed by atoms with van der Waals surface area (Å²) < 4.78 is 33.6. The number of amides is 1. The van der Waals surface area contributed by atoms with Crippen molar-refractivity contribution in [2.75, 3.05) is 68.8 Å². The van der Waals surface area contributed by atoms with E-state index in [2.05, 4.69) is 26.3 Å². The predicted octanol–water partition coefficient (Wildman–Crippen LogP) is 2.93. The smallest absolute Gasteiger partial charge is 0.284 e. The van der Waals surface area contributed by atoms with Crippen LogP contribution in [-0.4, -0.2) is 85.7 Å². The van der Waals surface area contributed by atoms with Crippen LogP contribution in [0.1, 0.15) is 38.3 Å². The van der Waals surface area contributed by atoms with Crippen LogP contribution >= 0.6 is 0 Å². The highest BCUT2D eigenvalue weighted by atomic mass is 19.3. The zero-order chi connectivity index (χ0) is 22.7. The molecule has 4 rings (SSSR count). The van der Waals surface area contributed by atoms with Gasteiger partial charge in [0.25, 0.3) is 6.43 Å². The van der Waals surface area contributed by atoms with E-state index in [-0.39, 0.29) is 17.4 Å². The predicted molar refractivity (Wildman–Crippen MR) is 121 cm³/mol. The number of piperidine rings is 1. The second kappa shape index (κ2) is 10.0. The summed E-state index contributed by atoms with van der Waals surface area (Å²) in [7, 11) is 0. The third-order valence-electron chi connectivity index (χ3n) is 6.66. The molecule has 9 heteroatoms. The van der Waals surface area contributed by atoms with Crippen molar-refractivity contribution >= 4 is 17.4 Å². The summed E-state index contributed by atoms with van der Waals surface area (Å²) in [5, 5.41) is 0. The van der Waals surface area contributed by atoms with Gasteiger partial charge in [-0.2, -0.15) is 0 Å². The molecule has 1 amide bonds. The maximum atomic E-state index is 13.9. The summed E-state index contributed by atoms with van der Waals surface area (Å²) >= 11 is 0. The first-order valence-electron chi connectivity index (χ1n) is 11.6. The third kappa shape index (κ3) is 4.67. The lowest BCUT2D eigenvalue weighted by Gasteiger charge is -2.49. The lowest BCUT2D eigenvalue weighted by atomic mass is 10.0. The molecule has 3 aliphatic rings. The summed E-state index contributed by atoms with van der Waals surface area (Å²) in [6.07, 6.45) is 1.95. The minimum atomic E-state index is -2.69. The number of anilines is 2. The molecule has 0 saturated carbocycles. The normalized spacial score (nSPS) is 20.4. The Balaban J connectivity index is 1.49. The summed E-state index contributed by atoms with van der Waals surface area (Å²) in [4.78, 5) is 24.6. The van der Waals surface area contributed by atoms with Gasteiger partial charge in [0.2, 0.25) is 5.91 Å². The van der Waals surface area contributed by atoms with Crippen LogP contribution in [0.5, 0.6) is 5.75 Å². The van der Waals surface area contributed by atoms with Crippen molar-refractivity contribution in [2.45, 2.75) is 38.7 Å². The highest BCUT2D eigenvalue weighted by Crippen LogP contribution is 2.41. The first-order chi connectivity index (χ1) is 15.5. The van der Waals surface area contributed by atoms with E-state index in [4.69, 9.17) is 4.74 Å². The standard InChI is InChI=1S/C23H33F2N5O2/c1-3-20(31)29-12-10-27(11-13-29)17-15-30(16-17)18-14-19(28-8-6-5-7-9-28)26-21(23(24)25)22(18)32-4-2/h3,14,17,23H,1,4-13,15-16H2,2H3. The molecule has 1 aromatic rings. The second-order valence-corrected chi connectivity index (χ2v) is 8.62. The molecule has 3 aliphatic heterocycles. The molecule has 1 aromatic heterocycles. The molecule has 0 bridgehead atoms. The van der Waals surface area contributed by atoms with Crippen LogP contribution in [0.2, 0.25) is 0 Å². The molecule has 0 radical (unpaired) electrons. The molecule has 0 N–H and O–H groups in total. The number of alkyl halides is 2. The molecule has 0 atom stereocenters. The minimum Gasteiger partial charge on any atom is -0.490 e. The maximum absolute atomic E-state index is 13.9. The second-order valence-electron chi connectivity index (χ2n) is 8.62. The topological polar surface area (TPSA) is 52.2 Å². The van der Waals surface area contributed by atoms with Gasteiger partial charge in [0.05, 0.1) is 12.3 Å². The Morgan fingerprint density at radius 3 is 2.44 bits per heavy atom. The van der Waals surface area contributed by atoms with Crippen molar-refractivity contribution in [1.29, 1.82) is 0 Å². The van der Waals surface area contributed by atoms with E-state index in [0.29, 0.717) is 31.6 Å². The number of rotatable bonds is 7. The van der Waals surface area contributed by atoms with Crippen LogP contribution < -0.4 is 14.5 Å². The van der Waals surface area contributed by atoms with Gasteiger partial charge in [-0.05, 0) is 32.3 Å². The third-order valence-corrected chi connectivity index (χ3v) is 6.66. The number of halogens is 2. The van der Waals surface area contributed by atoms with E-state index in [9.17, 15) is 13.6 Å². The van der Waals surface area contributed by atoms with Gasteiger partial charge in [-0.15, -0.1) is 0 Å². The highest BCUT2D eigenvalue weighted by molar-refractivity contribution is 5.87. The SMILES string of the molecule is C=CC(=O)N1CCN(C2CN(c3cc(N4CCCCC4)nc(C(F)F)c3OCC)C2)CC1. The van der Waals surface area contributed by atoms with Crippen LogP contribution in [0.4, 0.5) is 20.3 Å². The Morgan fingerprint density at radius 2 is 1.84 bits per heavy atom. The number of carbonyl (C=O) groups excluding carboxylic acids is 1. The summed E-state index contributed by atoms with van der Waals surface area (Å²) in [6.45, 7) is 11.9. The average molecular weight is 450 g/mol. The molecular weight excluding hydrogens is 416 g/mol. The van der Waals surface area contributed by atoms with E-state index in [1.807, 2.05) is 11.0 Å². The monoisotopic (exact) mass is 449 g/mol. The fourth-order valence-corrected chi connectivity index (χ4v) is 4.81. The van der Waals surface area contributed by atoms with Crippen molar-refractivity contribution in [2.24, 2.45) is 0 Å². The van der Waals surface area contributed by atoms with Gasteiger partial charge >= 0.3 is 0 Å². The molecule has 7 nitrogen and oxygen atoms in total. The first kappa shape index (κ1) is 22.8. The van der Waals surface area contributed by atoms with E-state index < -0.39 is 6.43 Å². The van der Waals surface area contributed by atoms with E-state index in [1.165, 1.54) is 12.5 Å². The Morgan fingerprint density at radius 1 is 1.16 bits per heavy atom. The summed E-state index contributed by atoms with van der Waals surface area (Å²) in [6, 6.07) is 2.27. The lowest BCUT2D eigenvalue weighted by molar-refractivity contribution is -0.128. The Bertz CT molecular complexity index is 817. The van der Waals surface area contributed by atoms with Crippen LogP contribution in [0.3, 0.4) is 0 Å². The van der Waals surface area contributed by atoms with Gasteiger partial charge < -0.3 is 19.4 Å². The van der Waals surface area contributed by atoms with Crippen molar-refractivity contribution in [3.05, 3.63) is 24.4 Å². The molecule has 32 heavy (non-hydrogen) atoms. The molecule has 3 fully saturated rings. The zero-order valence-corrected chi connectivity index (χ0v) is 18.8. The van der Waals surface area contributed by atoms with Crippen LogP contribution in [0.25, 0.3) is 0 Å². The molecule has 4 heterocycles. The molecule has 3 saturated heterocycles. The van der Waals surface area contributed by atoms with Crippen molar-refractivity contribution in [1.82, 2.24) is 14.8 Å². The number of aromatic nitrogens is 1. The van der Waals surface area contributed by atoms with Crippen LogP contribution in [-0.2, 0) is 4.79 Å². The largest absolute Gasteiger partial charge is 0.490 e. The fourth-order valence-electron chi connectivity index (χ4n) is 4.81. The number of nitrogens with zero attached hydrogens (tertiary/aromatic N) is 5. The Hall–Kier alpha value is -2.42. The minimum absolute atomic E-state index is 0.0252. The van der Waals surface area contributed by atoms with Crippen molar-refractivity contribution in [3.8, 4) is 5.75 Å². The lowest BCUT2D eigenvalue weighted by Crippen LogP contribution is -2.63. The van der Waals surface area contributed by atoms with Gasteiger partial charge in [0.1, 0.15) is 5.82 Å². The summed E-state index contributed by atoms with van der Waals surface area (Å²) in [5.41, 5.74) is 0.458. The van der Waals surface area contributed by atoms with Crippen LogP contribution in [0, 0.1) is 0 Å². The highest BCUT2D eigenvalue weighted by Gasteiger charge is 2.37.